The quantitative estimate of drug-likeness (QED) is 0.735. The number of nitrogens with zero attached hydrogens (tertiary/aromatic N) is 1. The van der Waals surface area contributed by atoms with E-state index in [0.717, 1.165) is 0 Å². The van der Waals surface area contributed by atoms with Crippen LogP contribution in [0.25, 0.3) is 0 Å². The zero-order valence-electron chi connectivity index (χ0n) is 10.8. The molecule has 0 saturated heterocycles. The Morgan fingerprint density at radius 1 is 0.950 bits per heavy atom. The van der Waals surface area contributed by atoms with Crippen LogP contribution in [0.2, 0.25) is 0 Å². The Morgan fingerprint density at radius 3 is 2.40 bits per heavy atom. The van der Waals surface area contributed by atoms with Gasteiger partial charge in [-0.1, -0.05) is 24.3 Å². The molecule has 1 atom stereocenters. The molecule has 98 valence electrons. The number of benzene rings is 2. The van der Waals surface area contributed by atoms with Gasteiger partial charge in [-0.15, -0.1) is 0 Å². The van der Waals surface area contributed by atoms with E-state index in [9.17, 15) is 9.59 Å². The second kappa shape index (κ2) is 3.48. The van der Waals surface area contributed by atoms with Crippen molar-refractivity contribution in [3.63, 3.8) is 0 Å². The molecule has 20 heavy (non-hydrogen) atoms. The summed E-state index contributed by atoms with van der Waals surface area (Å²) in [6.07, 6.45) is 0. The van der Waals surface area contributed by atoms with Gasteiger partial charge in [0.05, 0.1) is 11.3 Å². The number of carbonyl (C=O) groups excluding carboxylic acids is 2. The number of ketones is 1. The number of fused-ring (bicyclic) bond motifs is 4. The summed E-state index contributed by atoms with van der Waals surface area (Å²) in [5.74, 6) is 0.0704. The van der Waals surface area contributed by atoms with Gasteiger partial charge in [-0.25, -0.2) is 0 Å². The highest BCUT2D eigenvalue weighted by atomic mass is 16.5. The lowest BCUT2D eigenvalue weighted by atomic mass is 10.0. The van der Waals surface area contributed by atoms with Gasteiger partial charge in [0.1, 0.15) is 5.75 Å². The Kier molecular flexibility index (Phi) is 1.95. The molecule has 1 amide bonds. The van der Waals surface area contributed by atoms with E-state index in [1.165, 1.54) is 4.90 Å². The van der Waals surface area contributed by atoms with Gasteiger partial charge in [0.25, 0.3) is 11.6 Å². The highest BCUT2D eigenvalue weighted by Crippen LogP contribution is 2.44. The molecule has 2 aliphatic heterocycles. The first-order valence-electron chi connectivity index (χ1n) is 6.39. The van der Waals surface area contributed by atoms with Gasteiger partial charge >= 0.3 is 0 Å². The van der Waals surface area contributed by atoms with Gasteiger partial charge in [0.2, 0.25) is 5.78 Å². The molecule has 0 radical (unpaired) electrons. The van der Waals surface area contributed by atoms with E-state index in [0.29, 0.717) is 22.6 Å². The Morgan fingerprint density at radius 2 is 1.60 bits per heavy atom. The average Bonchev–Trinajstić information content (AvgIpc) is 2.68. The van der Waals surface area contributed by atoms with Gasteiger partial charge in [0, 0.05) is 12.5 Å². The third-order valence-electron chi connectivity index (χ3n) is 3.87. The van der Waals surface area contributed by atoms with E-state index in [-0.39, 0.29) is 11.7 Å². The van der Waals surface area contributed by atoms with Crippen molar-refractivity contribution in [3.05, 3.63) is 59.7 Å². The Labute approximate surface area is 115 Å². The number of para-hydroxylation sites is 2. The Hall–Kier alpha value is -2.62. The fraction of sp³-hybridized carbons (Fsp3) is 0.125. The molecule has 0 bridgehead atoms. The predicted molar refractivity (Wildman–Crippen MR) is 73.1 cm³/mol. The number of Topliss-reactive ketones (excluding diaryl/α,β-unsaturated/α-hetero) is 1. The van der Waals surface area contributed by atoms with Crippen molar-refractivity contribution in [1.82, 2.24) is 0 Å². The van der Waals surface area contributed by atoms with Gasteiger partial charge in [-0.2, -0.15) is 0 Å². The molecular formula is C16H11NO3. The lowest BCUT2D eigenvalue weighted by molar-refractivity contribution is 0.0455. The first kappa shape index (κ1) is 11.2. The summed E-state index contributed by atoms with van der Waals surface area (Å²) in [6, 6.07) is 14.1. The second-order valence-electron chi connectivity index (χ2n) is 5.07. The monoisotopic (exact) mass is 265 g/mol. The van der Waals surface area contributed by atoms with Crippen molar-refractivity contribution in [2.24, 2.45) is 0 Å². The van der Waals surface area contributed by atoms with Crippen molar-refractivity contribution in [3.8, 4) is 5.75 Å². The number of anilines is 1. The second-order valence-corrected chi connectivity index (χ2v) is 5.07. The zero-order valence-corrected chi connectivity index (χ0v) is 10.8. The molecule has 0 spiro atoms. The van der Waals surface area contributed by atoms with E-state index in [4.69, 9.17) is 4.74 Å². The molecule has 2 aromatic rings. The number of hydrogen-bond acceptors (Lipinski definition) is 3. The molecule has 2 aromatic carbocycles. The molecule has 0 aliphatic carbocycles. The summed E-state index contributed by atoms with van der Waals surface area (Å²) in [4.78, 5) is 26.7. The topological polar surface area (TPSA) is 46.6 Å². The normalized spacial score (nSPS) is 22.9. The van der Waals surface area contributed by atoms with Crippen LogP contribution >= 0.6 is 0 Å². The highest BCUT2D eigenvalue weighted by Gasteiger charge is 2.55. The minimum absolute atomic E-state index is 0.184. The molecule has 0 unspecified atom stereocenters. The smallest absolute Gasteiger partial charge is 0.265 e. The van der Waals surface area contributed by atoms with Gasteiger partial charge in [0.15, 0.2) is 0 Å². The van der Waals surface area contributed by atoms with Crippen molar-refractivity contribution in [2.75, 3.05) is 4.90 Å². The van der Waals surface area contributed by atoms with Crippen molar-refractivity contribution in [1.29, 1.82) is 0 Å². The number of hydrogen-bond donors (Lipinski definition) is 0. The lowest BCUT2D eigenvalue weighted by Crippen LogP contribution is -2.58. The standard InChI is InChI=1S/C16H11NO3/c1-16-14(18)10-6-2-4-8-12(10)17(16)15(19)11-7-3-5-9-13(11)20-16/h2-9H,1H3/t16-/m0/s1. The first-order valence-corrected chi connectivity index (χ1v) is 6.39. The van der Waals surface area contributed by atoms with E-state index in [1.54, 1.807) is 49.4 Å². The van der Waals surface area contributed by atoms with Crippen LogP contribution in [0.1, 0.15) is 27.6 Å². The minimum atomic E-state index is -1.28. The van der Waals surface area contributed by atoms with E-state index < -0.39 is 5.72 Å². The fourth-order valence-corrected chi connectivity index (χ4v) is 2.90. The van der Waals surface area contributed by atoms with Gasteiger partial charge < -0.3 is 4.74 Å². The fourth-order valence-electron chi connectivity index (χ4n) is 2.90. The Balaban J connectivity index is 2.00. The van der Waals surface area contributed by atoms with Crippen LogP contribution in [0.3, 0.4) is 0 Å². The summed E-state index contributed by atoms with van der Waals surface area (Å²) in [5, 5.41) is 0. The van der Waals surface area contributed by atoms with Crippen LogP contribution in [0.4, 0.5) is 5.69 Å². The largest absolute Gasteiger partial charge is 0.459 e. The number of rotatable bonds is 0. The van der Waals surface area contributed by atoms with E-state index in [2.05, 4.69) is 0 Å². The number of ether oxygens (including phenoxy) is 1. The number of carbonyl (C=O) groups is 2. The van der Waals surface area contributed by atoms with Crippen LogP contribution in [0.15, 0.2) is 48.5 Å². The van der Waals surface area contributed by atoms with E-state index in [1.807, 2.05) is 6.07 Å². The maximum atomic E-state index is 12.7. The van der Waals surface area contributed by atoms with Crippen LogP contribution in [0.5, 0.6) is 5.75 Å². The van der Waals surface area contributed by atoms with E-state index >= 15 is 0 Å². The SMILES string of the molecule is C[C@@]12Oc3ccccc3C(=O)N1c1ccccc1C2=O. The van der Waals surface area contributed by atoms with Gasteiger partial charge in [-0.05, 0) is 24.3 Å². The maximum Gasteiger partial charge on any atom is 0.265 e. The number of amides is 1. The summed E-state index contributed by atoms with van der Waals surface area (Å²) in [6.45, 7) is 1.64. The molecule has 0 N–H and O–H groups in total. The average molecular weight is 265 g/mol. The summed E-state index contributed by atoms with van der Waals surface area (Å²) in [7, 11) is 0. The third-order valence-corrected chi connectivity index (χ3v) is 3.87. The maximum absolute atomic E-state index is 12.7. The Bertz CT molecular complexity index is 768. The third kappa shape index (κ3) is 1.16. The lowest BCUT2D eigenvalue weighted by Gasteiger charge is -2.38. The molecule has 2 heterocycles. The van der Waals surface area contributed by atoms with Crippen molar-refractivity contribution in [2.45, 2.75) is 12.6 Å². The molecular weight excluding hydrogens is 254 g/mol. The summed E-state index contributed by atoms with van der Waals surface area (Å²) >= 11 is 0. The van der Waals surface area contributed by atoms with Crippen molar-refractivity contribution >= 4 is 17.4 Å². The molecule has 0 saturated carbocycles. The van der Waals surface area contributed by atoms with Crippen LogP contribution in [-0.2, 0) is 0 Å². The summed E-state index contributed by atoms with van der Waals surface area (Å²) in [5.41, 5.74) is 0.333. The van der Waals surface area contributed by atoms with Crippen LogP contribution in [-0.4, -0.2) is 17.4 Å². The zero-order chi connectivity index (χ0) is 13.9. The van der Waals surface area contributed by atoms with Crippen LogP contribution < -0.4 is 9.64 Å². The predicted octanol–water partition coefficient (Wildman–Crippen LogP) is 2.64. The summed E-state index contributed by atoms with van der Waals surface area (Å²) < 4.78 is 5.86. The molecule has 4 rings (SSSR count). The molecule has 0 aromatic heterocycles. The molecule has 0 fully saturated rings. The molecule has 4 nitrogen and oxygen atoms in total. The van der Waals surface area contributed by atoms with Gasteiger partial charge in [-0.3, -0.25) is 14.5 Å². The highest BCUT2D eigenvalue weighted by molar-refractivity contribution is 6.24. The first-order chi connectivity index (χ1) is 9.63. The molecule has 4 heteroatoms. The minimum Gasteiger partial charge on any atom is -0.459 e. The van der Waals surface area contributed by atoms with Crippen LogP contribution in [0, 0.1) is 0 Å². The van der Waals surface area contributed by atoms with Crippen molar-refractivity contribution < 1.29 is 14.3 Å². The molecule has 2 aliphatic rings.